The van der Waals surface area contributed by atoms with Crippen LogP contribution in [-0.4, -0.2) is 44.4 Å². The second kappa shape index (κ2) is 15.4. The Labute approximate surface area is 335 Å². The van der Waals surface area contributed by atoms with Gasteiger partial charge in [-0.2, -0.15) is 0 Å². The lowest BCUT2D eigenvalue weighted by molar-refractivity contribution is 0.374. The van der Waals surface area contributed by atoms with Crippen molar-refractivity contribution in [3.63, 3.8) is 0 Å². The number of nitrogens with zero attached hydrogens (tertiary/aromatic N) is 2. The zero-order chi connectivity index (χ0) is 39.6. The van der Waals surface area contributed by atoms with Crippen molar-refractivity contribution < 1.29 is 19.7 Å². The van der Waals surface area contributed by atoms with Crippen molar-refractivity contribution in [2.24, 2.45) is 0 Å². The van der Waals surface area contributed by atoms with E-state index < -0.39 is 0 Å². The van der Waals surface area contributed by atoms with Crippen LogP contribution in [-0.2, 0) is 0 Å². The SMILES string of the molecule is COc1ccc(-c2ccc(-c3ccc(OC)c(O)c3-c3nc(-c4ccccc4)c(-c4ccccc4)[nH]3)cc2)c(-c2nc(-c3ccccc3)c(-c3ccccc3)[nH]2)c1O. The Morgan fingerprint density at radius 2 is 0.707 bits per heavy atom. The minimum absolute atomic E-state index is 0.0272. The zero-order valence-corrected chi connectivity index (χ0v) is 31.8. The first-order valence-electron chi connectivity index (χ1n) is 18.9. The molecule has 282 valence electrons. The number of imidazole rings is 2. The Bertz CT molecular complexity index is 2540. The number of phenols is 2. The highest BCUT2D eigenvalue weighted by molar-refractivity contribution is 5.93. The minimum Gasteiger partial charge on any atom is -0.504 e. The van der Waals surface area contributed by atoms with E-state index in [9.17, 15) is 10.2 Å². The molecule has 8 nitrogen and oxygen atoms in total. The smallest absolute Gasteiger partial charge is 0.169 e. The van der Waals surface area contributed by atoms with E-state index in [1.807, 2.05) is 158 Å². The van der Waals surface area contributed by atoms with Crippen molar-refractivity contribution >= 4 is 0 Å². The van der Waals surface area contributed by atoms with Crippen LogP contribution in [0.3, 0.4) is 0 Å². The average molecular weight is 759 g/mol. The summed E-state index contributed by atoms with van der Waals surface area (Å²) in [6.07, 6.45) is 0. The van der Waals surface area contributed by atoms with Gasteiger partial charge in [-0.3, -0.25) is 0 Å². The molecular formula is C50H38N4O4. The molecule has 7 aromatic carbocycles. The quantitative estimate of drug-likeness (QED) is 0.110. The number of nitrogens with one attached hydrogen (secondary N) is 2. The molecule has 0 radical (unpaired) electrons. The number of ether oxygens (including phenoxy) is 2. The standard InChI is InChI=1S/C50H38N4O4/c1-57-39-29-27-37(41(47(39)55)49-51-43(33-15-7-3-8-16-33)44(52-49)34-17-9-4-10-18-34)31-23-25-32(26-24-31)38-28-30-40(58-2)48(56)42(38)50-53-45(35-19-11-5-12-20-35)46(54-50)36-21-13-6-14-22-36/h3-30,55-56H,1-2H3,(H,51,52)(H,53,54). The average Bonchev–Trinajstić information content (AvgIpc) is 3.93. The van der Waals surface area contributed by atoms with Crippen LogP contribution in [0.1, 0.15) is 0 Å². The molecule has 4 N–H and O–H groups in total. The van der Waals surface area contributed by atoms with Crippen molar-refractivity contribution in [2.45, 2.75) is 0 Å². The fraction of sp³-hybridized carbons (Fsp3) is 0.0400. The Morgan fingerprint density at radius 3 is 1.03 bits per heavy atom. The van der Waals surface area contributed by atoms with Crippen molar-refractivity contribution in [2.75, 3.05) is 14.2 Å². The van der Waals surface area contributed by atoms with E-state index >= 15 is 0 Å². The molecule has 0 spiro atoms. The number of H-pyrrole nitrogens is 2. The number of rotatable bonds is 10. The van der Waals surface area contributed by atoms with Crippen LogP contribution in [0.4, 0.5) is 0 Å². The lowest BCUT2D eigenvalue weighted by Crippen LogP contribution is -1.94. The van der Waals surface area contributed by atoms with Gasteiger partial charge >= 0.3 is 0 Å². The van der Waals surface area contributed by atoms with E-state index in [0.717, 1.165) is 67.3 Å². The molecule has 2 aromatic heterocycles. The topological polar surface area (TPSA) is 116 Å². The van der Waals surface area contributed by atoms with Gasteiger partial charge in [-0.25, -0.2) is 9.97 Å². The summed E-state index contributed by atoms with van der Waals surface area (Å²) >= 11 is 0. The molecule has 0 aliphatic carbocycles. The number of aromatic amines is 2. The van der Waals surface area contributed by atoms with Gasteiger partial charge in [-0.1, -0.05) is 146 Å². The second-order valence-corrected chi connectivity index (χ2v) is 13.7. The molecule has 58 heavy (non-hydrogen) atoms. The maximum atomic E-state index is 11.8. The van der Waals surface area contributed by atoms with Gasteiger partial charge in [0.05, 0.1) is 48.1 Å². The molecular weight excluding hydrogens is 721 g/mol. The van der Waals surface area contributed by atoms with E-state index in [2.05, 4.69) is 9.97 Å². The molecule has 0 atom stereocenters. The highest BCUT2D eigenvalue weighted by Crippen LogP contribution is 2.48. The third-order valence-electron chi connectivity index (χ3n) is 10.3. The molecule has 0 saturated heterocycles. The molecule has 8 heteroatoms. The summed E-state index contributed by atoms with van der Waals surface area (Å²) in [6, 6.07) is 55.4. The predicted molar refractivity (Wildman–Crippen MR) is 231 cm³/mol. The molecule has 9 rings (SSSR count). The lowest BCUT2D eigenvalue weighted by atomic mass is 9.93. The molecule has 0 saturated carbocycles. The number of hydrogen-bond donors (Lipinski definition) is 4. The normalized spacial score (nSPS) is 11.1. The number of benzene rings is 7. The summed E-state index contributed by atoms with van der Waals surface area (Å²) in [6.45, 7) is 0. The summed E-state index contributed by atoms with van der Waals surface area (Å²) in [5, 5.41) is 23.5. The van der Waals surface area contributed by atoms with Gasteiger partial charge in [0.2, 0.25) is 0 Å². The maximum absolute atomic E-state index is 11.8. The molecule has 0 aliphatic rings. The van der Waals surface area contributed by atoms with Crippen LogP contribution in [0.15, 0.2) is 170 Å². The van der Waals surface area contributed by atoms with Crippen LogP contribution in [0.25, 0.3) is 90.1 Å². The van der Waals surface area contributed by atoms with Gasteiger partial charge in [0.25, 0.3) is 0 Å². The summed E-state index contributed by atoms with van der Waals surface area (Å²) in [5.41, 5.74) is 11.2. The van der Waals surface area contributed by atoms with E-state index in [-0.39, 0.29) is 11.5 Å². The summed E-state index contributed by atoms with van der Waals surface area (Å²) in [7, 11) is 3.07. The number of phenolic OH excluding ortho intramolecular Hbond substituents is 2. The number of aromatic hydroxyl groups is 2. The van der Waals surface area contributed by atoms with Crippen LogP contribution < -0.4 is 9.47 Å². The Kier molecular flexibility index (Phi) is 9.49. The molecule has 0 fully saturated rings. The first-order valence-corrected chi connectivity index (χ1v) is 18.9. The van der Waals surface area contributed by atoms with Crippen molar-refractivity contribution in [1.82, 2.24) is 19.9 Å². The second-order valence-electron chi connectivity index (χ2n) is 13.7. The van der Waals surface area contributed by atoms with E-state index in [0.29, 0.717) is 34.3 Å². The Balaban J connectivity index is 1.17. The summed E-state index contributed by atoms with van der Waals surface area (Å²) < 4.78 is 11.2. The van der Waals surface area contributed by atoms with Crippen molar-refractivity contribution in [3.05, 3.63) is 170 Å². The van der Waals surface area contributed by atoms with Gasteiger partial charge in [-0.15, -0.1) is 0 Å². The van der Waals surface area contributed by atoms with Gasteiger partial charge < -0.3 is 29.7 Å². The zero-order valence-electron chi connectivity index (χ0n) is 31.8. The van der Waals surface area contributed by atoms with Crippen LogP contribution in [0.5, 0.6) is 23.0 Å². The summed E-state index contributed by atoms with van der Waals surface area (Å²) in [4.78, 5) is 17.3. The van der Waals surface area contributed by atoms with E-state index in [4.69, 9.17) is 19.4 Å². The predicted octanol–water partition coefficient (Wildman–Crippen LogP) is 11.9. The Hall–Kier alpha value is -7.84. The highest BCUT2D eigenvalue weighted by atomic mass is 16.5. The largest absolute Gasteiger partial charge is 0.504 e. The molecule has 2 heterocycles. The Morgan fingerprint density at radius 1 is 0.379 bits per heavy atom. The molecule has 9 aromatic rings. The minimum atomic E-state index is -0.0272. The van der Waals surface area contributed by atoms with Crippen LogP contribution in [0, 0.1) is 0 Å². The third-order valence-corrected chi connectivity index (χ3v) is 10.3. The first-order chi connectivity index (χ1) is 28.5. The van der Waals surface area contributed by atoms with Gasteiger partial charge in [0.1, 0.15) is 11.6 Å². The fourth-order valence-electron chi connectivity index (χ4n) is 7.48. The monoisotopic (exact) mass is 758 g/mol. The highest BCUT2D eigenvalue weighted by Gasteiger charge is 2.25. The maximum Gasteiger partial charge on any atom is 0.169 e. The first kappa shape index (κ1) is 35.8. The van der Waals surface area contributed by atoms with Crippen LogP contribution in [0.2, 0.25) is 0 Å². The van der Waals surface area contributed by atoms with Crippen molar-refractivity contribution in [1.29, 1.82) is 0 Å². The number of methoxy groups -OCH3 is 2. The molecule has 0 unspecified atom stereocenters. The fourth-order valence-corrected chi connectivity index (χ4v) is 7.48. The van der Waals surface area contributed by atoms with Gasteiger partial charge in [0.15, 0.2) is 23.0 Å². The van der Waals surface area contributed by atoms with Gasteiger partial charge in [-0.05, 0) is 46.5 Å². The van der Waals surface area contributed by atoms with Gasteiger partial charge in [0, 0.05) is 22.3 Å². The molecule has 0 amide bonds. The van der Waals surface area contributed by atoms with E-state index in [1.165, 1.54) is 14.2 Å². The summed E-state index contributed by atoms with van der Waals surface area (Å²) in [5.74, 6) is 1.60. The number of hydrogen-bond acceptors (Lipinski definition) is 6. The number of aromatic nitrogens is 4. The molecule has 0 aliphatic heterocycles. The molecule has 0 bridgehead atoms. The third kappa shape index (κ3) is 6.52. The van der Waals surface area contributed by atoms with Crippen molar-refractivity contribution in [3.8, 4) is 113 Å². The van der Waals surface area contributed by atoms with Crippen LogP contribution >= 0.6 is 0 Å². The lowest BCUT2D eigenvalue weighted by Gasteiger charge is -2.15. The van der Waals surface area contributed by atoms with E-state index in [1.54, 1.807) is 12.1 Å².